The summed E-state index contributed by atoms with van der Waals surface area (Å²) < 4.78 is 36.4. The van der Waals surface area contributed by atoms with E-state index in [1.165, 1.54) is 31.0 Å². The van der Waals surface area contributed by atoms with Gasteiger partial charge in [0.25, 0.3) is 10.1 Å². The maximum absolute atomic E-state index is 11.7. The molecule has 26 heavy (non-hydrogen) atoms. The minimum Gasteiger partial charge on any atom is -0.425 e. The molecule has 0 aromatic heterocycles. The van der Waals surface area contributed by atoms with Crippen molar-refractivity contribution in [2.24, 2.45) is 0 Å². The van der Waals surface area contributed by atoms with Crippen molar-refractivity contribution in [1.82, 2.24) is 0 Å². The van der Waals surface area contributed by atoms with Crippen molar-refractivity contribution in [3.8, 4) is 5.75 Å². The van der Waals surface area contributed by atoms with Crippen LogP contribution in [0.4, 0.5) is 0 Å². The van der Waals surface area contributed by atoms with E-state index in [4.69, 9.17) is 24.6 Å². The van der Waals surface area contributed by atoms with Crippen molar-refractivity contribution in [2.45, 2.75) is 56.8 Å². The standard InChI is InChI=1S/C15H22O5S.BH3O4/c1-2-3-4-5-6-7-12-15(16)20-13-10-8-9-11-14(13)21(17,18)19;2-1(3)5-4/h8-11H,2-7,12H2,1H3,(H,17,18,19);2-4H. The Morgan fingerprint density at radius 2 is 1.62 bits per heavy atom. The first-order valence-electron chi connectivity index (χ1n) is 8.16. The van der Waals surface area contributed by atoms with Crippen LogP contribution in [0, 0.1) is 0 Å². The fourth-order valence-corrected chi connectivity index (χ4v) is 2.59. The first-order valence-corrected chi connectivity index (χ1v) is 9.60. The van der Waals surface area contributed by atoms with Crippen LogP contribution in [0.25, 0.3) is 0 Å². The molecule has 0 bridgehead atoms. The van der Waals surface area contributed by atoms with Crippen LogP contribution in [0.1, 0.15) is 51.9 Å². The van der Waals surface area contributed by atoms with Crippen molar-refractivity contribution >= 4 is 23.4 Å². The van der Waals surface area contributed by atoms with Gasteiger partial charge in [-0.15, -0.1) is 0 Å². The van der Waals surface area contributed by atoms with Gasteiger partial charge in [-0.1, -0.05) is 51.2 Å². The quantitative estimate of drug-likeness (QED) is 0.0892. The van der Waals surface area contributed by atoms with E-state index >= 15 is 0 Å². The molecule has 0 aliphatic heterocycles. The zero-order valence-corrected chi connectivity index (χ0v) is 15.4. The summed E-state index contributed by atoms with van der Waals surface area (Å²) in [6.07, 6.45) is 6.54. The topological polar surface area (TPSA) is 151 Å². The average molecular weight is 392 g/mol. The highest BCUT2D eigenvalue weighted by molar-refractivity contribution is 7.86. The highest BCUT2D eigenvalue weighted by Gasteiger charge is 2.17. The SMILES string of the molecule is CCCCCCCCC(=O)Oc1ccccc1S(=O)(=O)O.OOB(O)O. The maximum Gasteiger partial charge on any atom is 0.662 e. The van der Waals surface area contributed by atoms with Crippen LogP contribution in [0.3, 0.4) is 0 Å². The van der Waals surface area contributed by atoms with Crippen LogP contribution in [0.15, 0.2) is 29.2 Å². The summed E-state index contributed by atoms with van der Waals surface area (Å²) in [5.74, 6) is -0.613. The van der Waals surface area contributed by atoms with Crippen molar-refractivity contribution in [3.05, 3.63) is 24.3 Å². The summed E-state index contributed by atoms with van der Waals surface area (Å²) in [4.78, 5) is 14.2. The second-order valence-corrected chi connectivity index (χ2v) is 6.74. The summed E-state index contributed by atoms with van der Waals surface area (Å²) in [5, 5.41) is 22.0. The number of hydrogen-bond acceptors (Lipinski definition) is 8. The molecule has 1 aromatic carbocycles. The molecule has 0 fully saturated rings. The second-order valence-electron chi connectivity index (χ2n) is 5.35. The number of hydrogen-bond donors (Lipinski definition) is 4. The monoisotopic (exact) mass is 392 g/mol. The fraction of sp³-hybridized carbons (Fsp3) is 0.533. The van der Waals surface area contributed by atoms with Crippen LogP contribution in [-0.2, 0) is 19.7 Å². The predicted octanol–water partition coefficient (Wildman–Crippen LogP) is 2.03. The first kappa shape index (κ1) is 24.5. The molecule has 9 nitrogen and oxygen atoms in total. The van der Waals surface area contributed by atoms with Gasteiger partial charge in [-0.2, -0.15) is 8.42 Å². The number of rotatable bonds is 10. The third kappa shape index (κ3) is 12.0. The van der Waals surface area contributed by atoms with Gasteiger partial charge in [0, 0.05) is 6.42 Å². The smallest absolute Gasteiger partial charge is 0.425 e. The van der Waals surface area contributed by atoms with Gasteiger partial charge in [0.05, 0.1) is 0 Å². The van der Waals surface area contributed by atoms with E-state index in [1.54, 1.807) is 6.07 Å². The van der Waals surface area contributed by atoms with Gasteiger partial charge in [-0.3, -0.25) is 14.6 Å². The zero-order valence-electron chi connectivity index (χ0n) is 14.6. The maximum atomic E-state index is 11.7. The molecule has 0 unspecified atom stereocenters. The first-order chi connectivity index (χ1) is 12.2. The number of unbranched alkanes of at least 4 members (excludes halogenated alkanes) is 5. The van der Waals surface area contributed by atoms with E-state index in [1.807, 2.05) is 0 Å². The molecule has 0 aliphatic carbocycles. The summed E-state index contributed by atoms with van der Waals surface area (Å²) in [6, 6.07) is 5.54. The Morgan fingerprint density at radius 1 is 1.08 bits per heavy atom. The molecule has 0 atom stereocenters. The Kier molecular flexibility index (Phi) is 12.9. The number of carbonyl (C=O) groups is 1. The van der Waals surface area contributed by atoms with E-state index in [-0.39, 0.29) is 17.1 Å². The predicted molar refractivity (Wildman–Crippen MR) is 93.8 cm³/mol. The van der Waals surface area contributed by atoms with Crippen LogP contribution in [-0.4, -0.2) is 41.6 Å². The molecule has 0 amide bonds. The molecule has 0 saturated carbocycles. The second kappa shape index (κ2) is 13.7. The number of benzene rings is 1. The molecule has 11 heteroatoms. The van der Waals surface area contributed by atoms with Crippen molar-refractivity contribution in [1.29, 1.82) is 0 Å². The lowest BCUT2D eigenvalue weighted by molar-refractivity contribution is -0.173. The van der Waals surface area contributed by atoms with E-state index < -0.39 is 23.4 Å². The lowest BCUT2D eigenvalue weighted by atomic mass is 10.1. The summed E-state index contributed by atoms with van der Waals surface area (Å²) in [5.41, 5.74) is 0. The van der Waals surface area contributed by atoms with Gasteiger partial charge in [-0.25, -0.2) is 4.81 Å². The molecule has 0 heterocycles. The molecule has 1 rings (SSSR count). The van der Waals surface area contributed by atoms with Crippen molar-refractivity contribution < 1.29 is 42.6 Å². The molecule has 1 aromatic rings. The Balaban J connectivity index is 0.00000110. The molecule has 4 N–H and O–H groups in total. The van der Waals surface area contributed by atoms with Crippen LogP contribution >= 0.6 is 0 Å². The van der Waals surface area contributed by atoms with Crippen LogP contribution < -0.4 is 4.74 Å². The average Bonchev–Trinajstić information content (AvgIpc) is 2.58. The van der Waals surface area contributed by atoms with Crippen LogP contribution in [0.5, 0.6) is 5.75 Å². The summed E-state index contributed by atoms with van der Waals surface area (Å²) in [7, 11) is -6.45. The van der Waals surface area contributed by atoms with Gasteiger partial charge in [0.2, 0.25) is 0 Å². The highest BCUT2D eigenvalue weighted by Crippen LogP contribution is 2.23. The summed E-state index contributed by atoms with van der Waals surface area (Å²) >= 11 is 0. The van der Waals surface area contributed by atoms with Gasteiger partial charge < -0.3 is 14.8 Å². The minimum atomic E-state index is -4.39. The van der Waals surface area contributed by atoms with Crippen molar-refractivity contribution in [2.75, 3.05) is 0 Å². The Hall–Kier alpha value is -1.50. The van der Waals surface area contributed by atoms with E-state index in [2.05, 4.69) is 11.7 Å². The van der Waals surface area contributed by atoms with Gasteiger partial charge in [0.15, 0.2) is 5.75 Å². The number of para-hydroxylation sites is 1. The van der Waals surface area contributed by atoms with E-state index in [0.717, 1.165) is 25.7 Å². The van der Waals surface area contributed by atoms with E-state index in [0.29, 0.717) is 0 Å². The molecular formula is C15H25BO9S. The summed E-state index contributed by atoms with van der Waals surface area (Å²) in [6.45, 7) is 2.14. The molecule has 0 saturated heterocycles. The number of carbonyl (C=O) groups excluding carboxylic acids is 1. The van der Waals surface area contributed by atoms with Gasteiger partial charge in [0.1, 0.15) is 4.90 Å². The molecular weight excluding hydrogens is 367 g/mol. The van der Waals surface area contributed by atoms with Crippen LogP contribution in [0.2, 0.25) is 0 Å². The number of ether oxygens (including phenoxy) is 1. The zero-order chi connectivity index (χ0) is 20.0. The van der Waals surface area contributed by atoms with Crippen molar-refractivity contribution in [3.63, 3.8) is 0 Å². The Labute approximate surface area is 153 Å². The Bertz CT molecular complexity index is 619. The molecule has 0 aliphatic rings. The third-order valence-corrected chi connectivity index (χ3v) is 4.07. The molecule has 0 spiro atoms. The van der Waals surface area contributed by atoms with E-state index in [9.17, 15) is 13.2 Å². The number of esters is 1. The lowest BCUT2D eigenvalue weighted by Gasteiger charge is -2.07. The molecule has 0 radical (unpaired) electrons. The lowest BCUT2D eigenvalue weighted by Crippen LogP contribution is -2.13. The fourth-order valence-electron chi connectivity index (χ4n) is 1.97. The normalized spacial score (nSPS) is 10.7. The molecule has 148 valence electrons. The minimum absolute atomic E-state index is 0.129. The third-order valence-electron chi connectivity index (χ3n) is 3.18. The highest BCUT2D eigenvalue weighted by atomic mass is 32.2. The van der Waals surface area contributed by atoms with Gasteiger partial charge in [-0.05, 0) is 18.6 Å². The Morgan fingerprint density at radius 3 is 2.15 bits per heavy atom. The van der Waals surface area contributed by atoms with Gasteiger partial charge >= 0.3 is 13.3 Å². The largest absolute Gasteiger partial charge is 0.662 e.